The van der Waals surface area contributed by atoms with Gasteiger partial charge < -0.3 is 19.9 Å². The van der Waals surface area contributed by atoms with Gasteiger partial charge in [-0.05, 0) is 56.6 Å². The summed E-state index contributed by atoms with van der Waals surface area (Å²) in [5, 5.41) is 22.5. The molecule has 0 saturated heterocycles. The van der Waals surface area contributed by atoms with E-state index in [2.05, 4.69) is 9.97 Å². The Bertz CT molecular complexity index is 1410. The van der Waals surface area contributed by atoms with Gasteiger partial charge in [-0.3, -0.25) is 19.9 Å². The second-order valence-corrected chi connectivity index (χ2v) is 8.24. The van der Waals surface area contributed by atoms with Crippen molar-refractivity contribution in [3.63, 3.8) is 0 Å². The van der Waals surface area contributed by atoms with Crippen molar-refractivity contribution in [2.75, 3.05) is 32.6 Å². The van der Waals surface area contributed by atoms with Crippen LogP contribution < -0.4 is 4.90 Å². The minimum Gasteiger partial charge on any atom is -0.494 e. The number of H-pyrrole nitrogens is 1. The van der Waals surface area contributed by atoms with Crippen molar-refractivity contribution < 1.29 is 14.8 Å². The number of aromatic hydroxyl groups is 1. The van der Waals surface area contributed by atoms with Gasteiger partial charge in [0.2, 0.25) is 5.91 Å². The molecule has 4 aromatic rings. The van der Waals surface area contributed by atoms with Crippen molar-refractivity contribution in [3.05, 3.63) is 88.2 Å². The molecule has 0 fully saturated rings. The lowest BCUT2D eigenvalue weighted by Gasteiger charge is -2.19. The first-order chi connectivity index (χ1) is 16.7. The second-order valence-electron chi connectivity index (χ2n) is 8.24. The lowest BCUT2D eigenvalue weighted by atomic mass is 10.0. The third-order valence-corrected chi connectivity index (χ3v) is 5.45. The fourth-order valence-electron chi connectivity index (χ4n) is 3.69. The average molecular weight is 473 g/mol. The molecule has 1 amide bonds. The van der Waals surface area contributed by atoms with Crippen molar-refractivity contribution >= 4 is 39.6 Å². The number of carbonyl (C=O) groups excluding carboxylic acids is 1. The van der Waals surface area contributed by atoms with Crippen LogP contribution in [0.1, 0.15) is 11.1 Å². The number of hydrogen-bond acceptors (Lipinski definition) is 7. The van der Waals surface area contributed by atoms with Crippen LogP contribution in [0, 0.1) is 10.1 Å². The van der Waals surface area contributed by atoms with Gasteiger partial charge in [0.05, 0.1) is 33.9 Å². The number of nitrogens with one attached hydrogen (secondary N) is 1. The predicted octanol–water partition coefficient (Wildman–Crippen LogP) is 3.87. The normalized spacial score (nSPS) is 11.7. The summed E-state index contributed by atoms with van der Waals surface area (Å²) in [6.45, 7) is 0.291. The van der Waals surface area contributed by atoms with Gasteiger partial charge in [-0.15, -0.1) is 0 Å². The number of carbonyl (C=O) groups is 1. The van der Waals surface area contributed by atoms with Crippen LogP contribution in [0.2, 0.25) is 0 Å². The highest BCUT2D eigenvalue weighted by molar-refractivity contribution is 6.21. The fourth-order valence-corrected chi connectivity index (χ4v) is 3.69. The minimum absolute atomic E-state index is 0.0416. The number of nitrogens with zero attached hydrogens (tertiary/aromatic N) is 5. The lowest BCUT2D eigenvalue weighted by molar-refractivity contribution is -0.384. The SMILES string of the molecule is CN(C)CC(=O)N(C)c1ccc(N=C(c2cccnc2)c2c(O)[nH]c3cc([N+](=O)[O-])ccc23)cc1. The molecule has 10 nitrogen and oxygen atoms in total. The number of aliphatic imine (C=N–C) groups is 1. The molecule has 0 spiro atoms. The molecule has 4 rings (SSSR count). The Kier molecular flexibility index (Phi) is 6.56. The number of rotatable bonds is 7. The van der Waals surface area contributed by atoms with Gasteiger partial charge in [0.25, 0.3) is 5.69 Å². The average Bonchev–Trinajstić information content (AvgIpc) is 3.17. The van der Waals surface area contributed by atoms with Gasteiger partial charge in [0.1, 0.15) is 0 Å². The fraction of sp³-hybridized carbons (Fsp3) is 0.160. The van der Waals surface area contributed by atoms with Crippen LogP contribution in [0.15, 0.2) is 72.0 Å². The molecule has 2 N–H and O–H groups in total. The number of aromatic nitrogens is 2. The number of nitro benzene ring substituents is 1. The van der Waals surface area contributed by atoms with Crippen molar-refractivity contribution in [1.29, 1.82) is 0 Å². The summed E-state index contributed by atoms with van der Waals surface area (Å²) >= 11 is 0. The first-order valence-corrected chi connectivity index (χ1v) is 10.7. The topological polar surface area (TPSA) is 128 Å². The van der Waals surface area contributed by atoms with E-state index in [1.807, 2.05) is 20.2 Å². The number of non-ortho nitro benzene ring substituents is 1. The monoisotopic (exact) mass is 472 g/mol. The standard InChI is InChI=1S/C25H24N6O4/c1-29(2)15-22(32)30(3)18-8-6-17(7-9-18)27-24(16-5-4-12-26-14-16)23-20-11-10-19(31(34)35)13-21(20)28-25(23)33/h4-14,28,33H,15H2,1-3H3. The van der Waals surface area contributed by atoms with E-state index in [1.165, 1.54) is 12.1 Å². The molecule has 2 heterocycles. The van der Waals surface area contributed by atoms with E-state index in [9.17, 15) is 20.0 Å². The van der Waals surface area contributed by atoms with Crippen molar-refractivity contribution in [3.8, 4) is 5.88 Å². The summed E-state index contributed by atoms with van der Waals surface area (Å²) in [4.78, 5) is 38.2. The van der Waals surface area contributed by atoms with Gasteiger partial charge in [-0.2, -0.15) is 0 Å². The molecule has 0 aliphatic carbocycles. The van der Waals surface area contributed by atoms with Crippen LogP contribution in [-0.4, -0.2) is 64.2 Å². The first kappa shape index (κ1) is 23.6. The highest BCUT2D eigenvalue weighted by Gasteiger charge is 2.21. The molecule has 0 aliphatic rings. The number of anilines is 1. The molecular weight excluding hydrogens is 448 g/mol. The minimum atomic E-state index is -0.491. The van der Waals surface area contributed by atoms with Crippen LogP contribution >= 0.6 is 0 Å². The molecule has 0 saturated carbocycles. The molecule has 2 aromatic heterocycles. The zero-order valence-electron chi connectivity index (χ0n) is 19.5. The lowest BCUT2D eigenvalue weighted by Crippen LogP contribution is -2.34. The Hall–Kier alpha value is -4.57. The Labute approximate surface area is 201 Å². The van der Waals surface area contributed by atoms with Gasteiger partial charge in [0.15, 0.2) is 5.88 Å². The highest BCUT2D eigenvalue weighted by Crippen LogP contribution is 2.33. The third-order valence-electron chi connectivity index (χ3n) is 5.45. The third kappa shape index (κ3) is 5.02. The maximum atomic E-state index is 12.4. The molecular formula is C25H24N6O4. The largest absolute Gasteiger partial charge is 0.494 e. The number of nitro groups is 1. The van der Waals surface area contributed by atoms with E-state index in [4.69, 9.17) is 4.99 Å². The first-order valence-electron chi connectivity index (χ1n) is 10.7. The molecule has 35 heavy (non-hydrogen) atoms. The molecule has 0 unspecified atom stereocenters. The van der Waals surface area contributed by atoms with Gasteiger partial charge >= 0.3 is 0 Å². The van der Waals surface area contributed by atoms with E-state index < -0.39 is 4.92 Å². The summed E-state index contributed by atoms with van der Waals surface area (Å²) < 4.78 is 0. The molecule has 178 valence electrons. The number of likely N-dealkylation sites (N-methyl/N-ethyl adjacent to an activating group) is 2. The van der Waals surface area contributed by atoms with Crippen LogP contribution in [-0.2, 0) is 4.79 Å². The Morgan fingerprint density at radius 1 is 1.14 bits per heavy atom. The van der Waals surface area contributed by atoms with E-state index in [0.29, 0.717) is 40.0 Å². The summed E-state index contributed by atoms with van der Waals surface area (Å²) in [5.74, 6) is -0.200. The smallest absolute Gasteiger partial charge is 0.271 e. The summed E-state index contributed by atoms with van der Waals surface area (Å²) in [6.07, 6.45) is 3.26. The molecule has 10 heteroatoms. The van der Waals surface area contributed by atoms with E-state index in [0.717, 1.165) is 5.69 Å². The van der Waals surface area contributed by atoms with Gasteiger partial charge in [-0.25, -0.2) is 4.99 Å². The zero-order chi connectivity index (χ0) is 25.1. The Morgan fingerprint density at radius 2 is 1.89 bits per heavy atom. The quantitative estimate of drug-likeness (QED) is 0.239. The maximum Gasteiger partial charge on any atom is 0.271 e. The Morgan fingerprint density at radius 3 is 2.51 bits per heavy atom. The number of hydrogen-bond donors (Lipinski definition) is 2. The Balaban J connectivity index is 1.78. The molecule has 0 aliphatic heterocycles. The van der Waals surface area contributed by atoms with Gasteiger partial charge in [-0.1, -0.05) is 0 Å². The number of fused-ring (bicyclic) bond motifs is 1. The van der Waals surface area contributed by atoms with Crippen molar-refractivity contribution in [2.24, 2.45) is 4.99 Å². The number of aromatic amines is 1. The highest BCUT2D eigenvalue weighted by atomic mass is 16.6. The summed E-state index contributed by atoms with van der Waals surface area (Å²) in [5.41, 5.74) is 3.15. The predicted molar refractivity (Wildman–Crippen MR) is 135 cm³/mol. The molecule has 0 atom stereocenters. The maximum absolute atomic E-state index is 12.4. The van der Waals surface area contributed by atoms with E-state index in [-0.39, 0.29) is 17.5 Å². The van der Waals surface area contributed by atoms with Gasteiger partial charge in [0, 0.05) is 48.2 Å². The molecule has 0 radical (unpaired) electrons. The second kappa shape index (κ2) is 9.74. The van der Waals surface area contributed by atoms with Crippen LogP contribution in [0.3, 0.4) is 0 Å². The number of pyridine rings is 1. The zero-order valence-corrected chi connectivity index (χ0v) is 19.5. The van der Waals surface area contributed by atoms with Crippen LogP contribution in [0.4, 0.5) is 17.1 Å². The summed E-state index contributed by atoms with van der Waals surface area (Å²) in [7, 11) is 5.39. The molecule has 2 aromatic carbocycles. The van der Waals surface area contributed by atoms with Crippen LogP contribution in [0.5, 0.6) is 5.88 Å². The number of amides is 1. The number of benzene rings is 2. The van der Waals surface area contributed by atoms with E-state index >= 15 is 0 Å². The molecule has 0 bridgehead atoms. The van der Waals surface area contributed by atoms with E-state index in [1.54, 1.807) is 65.6 Å². The van der Waals surface area contributed by atoms with Crippen molar-refractivity contribution in [1.82, 2.24) is 14.9 Å². The van der Waals surface area contributed by atoms with Crippen molar-refractivity contribution in [2.45, 2.75) is 0 Å². The summed E-state index contributed by atoms with van der Waals surface area (Å²) in [6, 6.07) is 15.1. The van der Waals surface area contributed by atoms with Crippen LogP contribution in [0.25, 0.3) is 10.9 Å².